The summed E-state index contributed by atoms with van der Waals surface area (Å²) in [5, 5.41) is 2.90. The minimum Gasteiger partial charge on any atom is -0.491 e. The van der Waals surface area contributed by atoms with Crippen LogP contribution in [0.25, 0.3) is 0 Å². The highest BCUT2D eigenvalue weighted by Crippen LogP contribution is 2.18. The van der Waals surface area contributed by atoms with Gasteiger partial charge in [-0.2, -0.15) is 0 Å². The molecule has 0 saturated carbocycles. The summed E-state index contributed by atoms with van der Waals surface area (Å²) >= 11 is 0. The lowest BCUT2D eigenvalue weighted by molar-refractivity contribution is -0.115. The number of hydrogen-bond acceptors (Lipinski definition) is 3. The fraction of sp³-hybridized carbons (Fsp3) is 0.278. The quantitative estimate of drug-likeness (QED) is 0.799. The molecule has 0 unspecified atom stereocenters. The Morgan fingerprint density at radius 2 is 1.91 bits per heavy atom. The van der Waals surface area contributed by atoms with Crippen molar-refractivity contribution in [2.24, 2.45) is 0 Å². The smallest absolute Gasteiger partial charge is 0.228 e. The van der Waals surface area contributed by atoms with Crippen LogP contribution in [0.5, 0.6) is 5.75 Å². The normalized spacial score (nSPS) is 10.3. The molecule has 2 rings (SSSR count). The van der Waals surface area contributed by atoms with Gasteiger partial charge >= 0.3 is 0 Å². The average molecular weight is 299 g/mol. The molecular weight excluding hydrogens is 278 g/mol. The number of ether oxygens (including phenoxy) is 2. The van der Waals surface area contributed by atoms with Gasteiger partial charge in [0, 0.05) is 18.9 Å². The number of anilines is 1. The van der Waals surface area contributed by atoms with E-state index < -0.39 is 0 Å². The monoisotopic (exact) mass is 299 g/mol. The molecule has 1 N–H and O–H groups in total. The highest BCUT2D eigenvalue weighted by atomic mass is 16.5. The van der Waals surface area contributed by atoms with Gasteiger partial charge in [0.05, 0.1) is 13.0 Å². The molecular formula is C18H21NO3. The van der Waals surface area contributed by atoms with Crippen LogP contribution in [-0.4, -0.2) is 26.2 Å². The van der Waals surface area contributed by atoms with Crippen LogP contribution in [0, 0.1) is 6.92 Å². The highest BCUT2D eigenvalue weighted by molar-refractivity contribution is 5.92. The largest absolute Gasteiger partial charge is 0.491 e. The van der Waals surface area contributed by atoms with Crippen LogP contribution in [0.3, 0.4) is 0 Å². The minimum atomic E-state index is -0.0386. The summed E-state index contributed by atoms with van der Waals surface area (Å²) in [6.07, 6.45) is 0.363. The Hall–Kier alpha value is -2.33. The zero-order valence-corrected chi connectivity index (χ0v) is 13.0. The van der Waals surface area contributed by atoms with Gasteiger partial charge in [-0.15, -0.1) is 0 Å². The lowest BCUT2D eigenvalue weighted by Crippen LogP contribution is -2.15. The number of benzene rings is 2. The number of amides is 1. The summed E-state index contributed by atoms with van der Waals surface area (Å²) in [4.78, 5) is 12.1. The molecule has 1 amide bonds. The van der Waals surface area contributed by atoms with Crippen LogP contribution in [0.15, 0.2) is 48.5 Å². The second-order valence-corrected chi connectivity index (χ2v) is 5.02. The number of hydrogen-bond donors (Lipinski definition) is 1. The van der Waals surface area contributed by atoms with E-state index in [0.29, 0.717) is 25.4 Å². The average Bonchev–Trinajstić information content (AvgIpc) is 2.50. The molecule has 2 aromatic rings. The van der Waals surface area contributed by atoms with Gasteiger partial charge in [0.2, 0.25) is 5.91 Å². The predicted molar refractivity (Wildman–Crippen MR) is 87.3 cm³/mol. The third-order valence-corrected chi connectivity index (χ3v) is 3.29. The fourth-order valence-corrected chi connectivity index (χ4v) is 2.09. The molecule has 4 heteroatoms. The van der Waals surface area contributed by atoms with Gasteiger partial charge in [-0.05, 0) is 30.2 Å². The van der Waals surface area contributed by atoms with E-state index in [1.54, 1.807) is 7.11 Å². The molecule has 0 heterocycles. The molecule has 0 aliphatic rings. The van der Waals surface area contributed by atoms with Crippen molar-refractivity contribution in [3.8, 4) is 5.75 Å². The van der Waals surface area contributed by atoms with Crippen molar-refractivity contribution in [2.75, 3.05) is 25.6 Å². The summed E-state index contributed by atoms with van der Waals surface area (Å²) in [6.45, 7) is 3.02. The van der Waals surface area contributed by atoms with Crippen LogP contribution in [0.1, 0.15) is 11.1 Å². The Morgan fingerprint density at radius 1 is 1.09 bits per heavy atom. The topological polar surface area (TPSA) is 47.6 Å². The predicted octanol–water partition coefficient (Wildman–Crippen LogP) is 3.20. The molecule has 0 spiro atoms. The van der Waals surface area contributed by atoms with E-state index in [0.717, 1.165) is 16.8 Å². The number of aryl methyl sites for hydroxylation is 1. The Balaban J connectivity index is 1.94. The van der Waals surface area contributed by atoms with Crippen LogP contribution >= 0.6 is 0 Å². The lowest BCUT2D eigenvalue weighted by Gasteiger charge is -2.10. The van der Waals surface area contributed by atoms with Gasteiger partial charge in [-0.1, -0.05) is 30.3 Å². The van der Waals surface area contributed by atoms with Gasteiger partial charge in [0.25, 0.3) is 0 Å². The Labute approximate surface area is 131 Å². The molecule has 0 bridgehead atoms. The number of carbonyl (C=O) groups excluding carboxylic acids is 1. The molecule has 0 radical (unpaired) electrons. The Bertz CT molecular complexity index is 625. The zero-order valence-electron chi connectivity index (χ0n) is 13.0. The maximum absolute atomic E-state index is 12.1. The van der Waals surface area contributed by atoms with E-state index in [2.05, 4.69) is 5.32 Å². The van der Waals surface area contributed by atoms with Crippen molar-refractivity contribution >= 4 is 11.6 Å². The maximum Gasteiger partial charge on any atom is 0.228 e. The van der Waals surface area contributed by atoms with Gasteiger partial charge in [-0.25, -0.2) is 0 Å². The summed E-state index contributed by atoms with van der Waals surface area (Å²) in [5.41, 5.74) is 2.88. The third kappa shape index (κ3) is 4.90. The van der Waals surface area contributed by atoms with Crippen molar-refractivity contribution in [1.82, 2.24) is 0 Å². The molecule has 22 heavy (non-hydrogen) atoms. The van der Waals surface area contributed by atoms with Crippen molar-refractivity contribution in [2.45, 2.75) is 13.3 Å². The second-order valence-electron chi connectivity index (χ2n) is 5.02. The van der Waals surface area contributed by atoms with Crippen molar-refractivity contribution in [3.63, 3.8) is 0 Å². The standard InChI is InChI=1S/C18H21NO3/c1-14-6-3-4-7-15(14)12-18(20)19-16-8-5-9-17(13-16)22-11-10-21-2/h3-9,13H,10-12H2,1-2H3,(H,19,20). The molecule has 0 aliphatic carbocycles. The molecule has 0 aliphatic heterocycles. The lowest BCUT2D eigenvalue weighted by atomic mass is 10.1. The van der Waals surface area contributed by atoms with Crippen LogP contribution in [0.2, 0.25) is 0 Å². The highest BCUT2D eigenvalue weighted by Gasteiger charge is 2.06. The summed E-state index contributed by atoms with van der Waals surface area (Å²) in [7, 11) is 1.63. The van der Waals surface area contributed by atoms with Crippen molar-refractivity contribution in [3.05, 3.63) is 59.7 Å². The van der Waals surface area contributed by atoms with Crippen molar-refractivity contribution < 1.29 is 14.3 Å². The summed E-state index contributed by atoms with van der Waals surface area (Å²) < 4.78 is 10.5. The number of rotatable bonds is 7. The number of methoxy groups -OCH3 is 1. The molecule has 116 valence electrons. The SMILES string of the molecule is COCCOc1cccc(NC(=O)Cc2ccccc2C)c1. The second kappa shape index (κ2) is 8.20. The molecule has 2 aromatic carbocycles. The van der Waals surface area contributed by atoms with E-state index in [1.165, 1.54) is 0 Å². The van der Waals surface area contributed by atoms with E-state index in [4.69, 9.17) is 9.47 Å². The van der Waals surface area contributed by atoms with E-state index in [-0.39, 0.29) is 5.91 Å². The first-order valence-electron chi connectivity index (χ1n) is 7.25. The number of nitrogens with one attached hydrogen (secondary N) is 1. The molecule has 0 atom stereocenters. The first kappa shape index (κ1) is 16.0. The van der Waals surface area contributed by atoms with Gasteiger partial charge in [-0.3, -0.25) is 4.79 Å². The van der Waals surface area contributed by atoms with E-state index >= 15 is 0 Å². The molecule has 0 aromatic heterocycles. The van der Waals surface area contributed by atoms with E-state index in [1.807, 2.05) is 55.5 Å². The van der Waals surface area contributed by atoms with Gasteiger partial charge < -0.3 is 14.8 Å². The fourth-order valence-electron chi connectivity index (χ4n) is 2.09. The molecule has 0 saturated heterocycles. The summed E-state index contributed by atoms with van der Waals surface area (Å²) in [6, 6.07) is 15.3. The Morgan fingerprint density at radius 3 is 2.68 bits per heavy atom. The first-order chi connectivity index (χ1) is 10.7. The third-order valence-electron chi connectivity index (χ3n) is 3.29. The maximum atomic E-state index is 12.1. The van der Waals surface area contributed by atoms with Gasteiger partial charge in [0.1, 0.15) is 12.4 Å². The zero-order chi connectivity index (χ0) is 15.8. The van der Waals surface area contributed by atoms with Gasteiger partial charge in [0.15, 0.2) is 0 Å². The van der Waals surface area contributed by atoms with Crippen LogP contribution in [0.4, 0.5) is 5.69 Å². The van der Waals surface area contributed by atoms with E-state index in [9.17, 15) is 4.79 Å². The Kier molecular flexibility index (Phi) is 5.98. The van der Waals surface area contributed by atoms with Crippen LogP contribution in [-0.2, 0) is 16.0 Å². The minimum absolute atomic E-state index is 0.0386. The summed E-state index contributed by atoms with van der Waals surface area (Å²) in [5.74, 6) is 0.675. The molecule has 4 nitrogen and oxygen atoms in total. The van der Waals surface area contributed by atoms with Crippen LogP contribution < -0.4 is 10.1 Å². The molecule has 0 fully saturated rings. The first-order valence-corrected chi connectivity index (χ1v) is 7.25. The van der Waals surface area contributed by atoms with Crippen molar-refractivity contribution in [1.29, 1.82) is 0 Å². The number of carbonyl (C=O) groups is 1.